The van der Waals surface area contributed by atoms with Crippen LogP contribution in [0.2, 0.25) is 0 Å². The molecule has 2 unspecified atom stereocenters. The first-order valence-corrected chi connectivity index (χ1v) is 10.5. The highest BCUT2D eigenvalue weighted by molar-refractivity contribution is 7.16. The Morgan fingerprint density at radius 3 is 2.79 bits per heavy atom. The quantitative estimate of drug-likeness (QED) is 0.755. The van der Waals surface area contributed by atoms with Gasteiger partial charge in [-0.1, -0.05) is 20.8 Å². The predicted molar refractivity (Wildman–Crippen MR) is 112 cm³/mol. The Bertz CT molecular complexity index is 954. The molecular formula is C22H25N3O3S. The number of carbonyl (C=O) groups excluding carboxylic acids is 2. The molecule has 2 aromatic rings. The number of nitrogens with zero attached hydrogens (tertiary/aromatic N) is 2. The van der Waals surface area contributed by atoms with Gasteiger partial charge in [-0.3, -0.25) is 9.78 Å². The zero-order valence-electron chi connectivity index (χ0n) is 17.1. The van der Waals surface area contributed by atoms with Crippen LogP contribution < -0.4 is 5.32 Å². The van der Waals surface area contributed by atoms with Crippen molar-refractivity contribution in [1.29, 1.82) is 5.26 Å². The van der Waals surface area contributed by atoms with E-state index in [0.717, 1.165) is 24.8 Å². The van der Waals surface area contributed by atoms with Gasteiger partial charge in [-0.05, 0) is 55.2 Å². The van der Waals surface area contributed by atoms with Gasteiger partial charge in [-0.15, -0.1) is 11.3 Å². The smallest absolute Gasteiger partial charge is 0.340 e. The fourth-order valence-electron chi connectivity index (χ4n) is 3.51. The Morgan fingerprint density at radius 2 is 2.17 bits per heavy atom. The fraction of sp³-hybridized carbons (Fsp3) is 0.455. The van der Waals surface area contributed by atoms with Gasteiger partial charge >= 0.3 is 5.97 Å². The molecule has 6 nitrogen and oxygen atoms in total. The molecule has 1 amide bonds. The topological polar surface area (TPSA) is 92.1 Å². The summed E-state index contributed by atoms with van der Waals surface area (Å²) in [4.78, 5) is 29.8. The van der Waals surface area contributed by atoms with Crippen LogP contribution in [0.5, 0.6) is 0 Å². The van der Waals surface area contributed by atoms with Gasteiger partial charge in [0.1, 0.15) is 11.1 Å². The Labute approximate surface area is 174 Å². The van der Waals surface area contributed by atoms with E-state index in [1.807, 2.05) is 0 Å². The summed E-state index contributed by atoms with van der Waals surface area (Å²) in [6.07, 6.45) is 4.75. The van der Waals surface area contributed by atoms with Gasteiger partial charge in [-0.25, -0.2) is 4.79 Å². The van der Waals surface area contributed by atoms with Crippen LogP contribution in [0.25, 0.3) is 0 Å². The number of fused-ring (bicyclic) bond motifs is 1. The van der Waals surface area contributed by atoms with E-state index >= 15 is 0 Å². The molecule has 0 fully saturated rings. The van der Waals surface area contributed by atoms with Crippen molar-refractivity contribution in [3.8, 4) is 6.07 Å². The molecule has 7 heteroatoms. The van der Waals surface area contributed by atoms with Crippen molar-refractivity contribution in [3.63, 3.8) is 0 Å². The van der Waals surface area contributed by atoms with Gasteiger partial charge in [0.2, 0.25) is 0 Å². The third-order valence-electron chi connectivity index (χ3n) is 5.39. The van der Waals surface area contributed by atoms with Gasteiger partial charge in [-0.2, -0.15) is 5.26 Å². The first kappa shape index (κ1) is 21.0. The molecule has 0 aromatic carbocycles. The zero-order valence-corrected chi connectivity index (χ0v) is 17.9. The minimum Gasteiger partial charge on any atom is -0.449 e. The summed E-state index contributed by atoms with van der Waals surface area (Å²) >= 11 is 1.46. The van der Waals surface area contributed by atoms with Crippen LogP contribution in [0.3, 0.4) is 0 Å². The minimum atomic E-state index is -0.990. The van der Waals surface area contributed by atoms with Crippen molar-refractivity contribution < 1.29 is 14.3 Å². The molecule has 152 valence electrons. The van der Waals surface area contributed by atoms with Crippen molar-refractivity contribution in [2.24, 2.45) is 11.3 Å². The van der Waals surface area contributed by atoms with Gasteiger partial charge in [0.15, 0.2) is 6.10 Å². The van der Waals surface area contributed by atoms with Gasteiger partial charge in [0.25, 0.3) is 5.91 Å². The lowest BCUT2D eigenvalue weighted by Crippen LogP contribution is -2.30. The van der Waals surface area contributed by atoms with Crippen LogP contribution in [0.15, 0.2) is 24.5 Å². The number of pyridine rings is 1. The SMILES string of the molecule is CC(OC(=O)c1cccnc1)C(=O)Nc1sc2c(c1C#N)CCC(C(C)(C)C)C2. The highest BCUT2D eigenvalue weighted by Gasteiger charge is 2.32. The number of thiophene rings is 1. The van der Waals surface area contributed by atoms with Gasteiger partial charge in [0.05, 0.1) is 11.1 Å². The minimum absolute atomic E-state index is 0.201. The van der Waals surface area contributed by atoms with Crippen LogP contribution in [0.4, 0.5) is 5.00 Å². The number of amides is 1. The van der Waals surface area contributed by atoms with E-state index in [-0.39, 0.29) is 11.0 Å². The number of carbonyl (C=O) groups is 2. The van der Waals surface area contributed by atoms with E-state index < -0.39 is 18.0 Å². The second-order valence-electron chi connectivity index (χ2n) is 8.40. The van der Waals surface area contributed by atoms with Gasteiger partial charge in [0, 0.05) is 17.3 Å². The maximum Gasteiger partial charge on any atom is 0.340 e. The van der Waals surface area contributed by atoms with Crippen molar-refractivity contribution in [2.45, 2.75) is 53.1 Å². The number of hydrogen-bond acceptors (Lipinski definition) is 6. The molecule has 1 N–H and O–H groups in total. The molecule has 0 saturated heterocycles. The van der Waals surface area contributed by atoms with Crippen LogP contribution in [0, 0.1) is 22.7 Å². The molecule has 0 saturated carbocycles. The molecule has 0 radical (unpaired) electrons. The molecule has 0 spiro atoms. The van der Waals surface area contributed by atoms with Crippen LogP contribution in [-0.4, -0.2) is 23.0 Å². The Kier molecular flexibility index (Phi) is 6.04. The number of esters is 1. The lowest BCUT2D eigenvalue weighted by atomic mass is 9.72. The van der Waals surface area contributed by atoms with E-state index in [0.29, 0.717) is 16.5 Å². The third-order valence-corrected chi connectivity index (χ3v) is 6.56. The summed E-state index contributed by atoms with van der Waals surface area (Å²) in [6, 6.07) is 5.45. The monoisotopic (exact) mass is 411 g/mol. The molecule has 3 rings (SSSR count). The molecule has 2 aromatic heterocycles. The maximum absolute atomic E-state index is 12.6. The number of nitrogens with one attached hydrogen (secondary N) is 1. The second-order valence-corrected chi connectivity index (χ2v) is 9.51. The van der Waals surface area contributed by atoms with E-state index in [9.17, 15) is 14.9 Å². The van der Waals surface area contributed by atoms with Crippen molar-refractivity contribution >= 4 is 28.2 Å². The fourth-order valence-corrected chi connectivity index (χ4v) is 4.79. The first-order chi connectivity index (χ1) is 13.7. The molecular weight excluding hydrogens is 386 g/mol. The van der Waals surface area contributed by atoms with E-state index in [2.05, 4.69) is 37.1 Å². The average molecular weight is 412 g/mol. The van der Waals surface area contributed by atoms with Crippen LogP contribution in [-0.2, 0) is 22.4 Å². The normalized spacial score (nSPS) is 17.0. The Morgan fingerprint density at radius 1 is 1.41 bits per heavy atom. The summed E-state index contributed by atoms with van der Waals surface area (Å²) < 4.78 is 5.24. The number of aromatic nitrogens is 1. The average Bonchev–Trinajstić information content (AvgIpc) is 3.03. The first-order valence-electron chi connectivity index (χ1n) is 9.67. The summed E-state index contributed by atoms with van der Waals surface area (Å²) in [5.41, 5.74) is 2.07. The van der Waals surface area contributed by atoms with Crippen molar-refractivity contribution in [2.75, 3.05) is 5.32 Å². The molecule has 0 aliphatic heterocycles. The van der Waals surface area contributed by atoms with Crippen LogP contribution >= 0.6 is 11.3 Å². The largest absolute Gasteiger partial charge is 0.449 e. The number of ether oxygens (including phenoxy) is 1. The summed E-state index contributed by atoms with van der Waals surface area (Å²) in [5.74, 6) is -0.521. The predicted octanol–water partition coefficient (Wildman–Crippen LogP) is 4.35. The second kappa shape index (κ2) is 8.34. The molecule has 29 heavy (non-hydrogen) atoms. The van der Waals surface area contributed by atoms with Crippen LogP contribution in [0.1, 0.15) is 60.5 Å². The highest BCUT2D eigenvalue weighted by atomic mass is 32.1. The molecule has 0 bridgehead atoms. The maximum atomic E-state index is 12.6. The number of anilines is 1. The number of rotatable bonds is 4. The Hall–Kier alpha value is -2.72. The van der Waals surface area contributed by atoms with E-state index in [4.69, 9.17) is 4.74 Å². The lowest BCUT2D eigenvalue weighted by molar-refractivity contribution is -0.123. The van der Waals surface area contributed by atoms with E-state index in [1.165, 1.54) is 29.3 Å². The summed E-state index contributed by atoms with van der Waals surface area (Å²) in [6.45, 7) is 8.23. The zero-order chi connectivity index (χ0) is 21.2. The third kappa shape index (κ3) is 4.65. The highest BCUT2D eigenvalue weighted by Crippen LogP contribution is 2.44. The standard InChI is InChI=1S/C22H25N3O3S/c1-13(28-21(27)14-6-5-9-24-12-14)19(26)25-20-17(11-23)16-8-7-15(22(2,3)4)10-18(16)29-20/h5-6,9,12-13,15H,7-8,10H2,1-4H3,(H,25,26). The van der Waals surface area contributed by atoms with E-state index in [1.54, 1.807) is 18.3 Å². The number of nitriles is 1. The number of hydrogen-bond donors (Lipinski definition) is 1. The molecule has 2 atom stereocenters. The Balaban J connectivity index is 1.72. The van der Waals surface area contributed by atoms with Gasteiger partial charge < -0.3 is 10.1 Å². The molecule has 1 aliphatic rings. The molecule has 2 heterocycles. The van der Waals surface area contributed by atoms with Crippen molar-refractivity contribution in [3.05, 3.63) is 46.1 Å². The lowest BCUT2D eigenvalue weighted by Gasteiger charge is -2.33. The summed E-state index contributed by atoms with van der Waals surface area (Å²) in [5, 5.41) is 13.0. The van der Waals surface area contributed by atoms with Crippen molar-refractivity contribution in [1.82, 2.24) is 4.98 Å². The molecule has 1 aliphatic carbocycles. The summed E-state index contributed by atoms with van der Waals surface area (Å²) in [7, 11) is 0.